The van der Waals surface area contributed by atoms with Gasteiger partial charge in [-0.3, -0.25) is 5.32 Å². The fourth-order valence-electron chi connectivity index (χ4n) is 3.45. The first-order chi connectivity index (χ1) is 12.7. The molecule has 1 aliphatic rings. The number of nitrogens with one attached hydrogen (secondary N) is 2. The zero-order valence-corrected chi connectivity index (χ0v) is 14.7. The average molecular weight is 368 g/mol. The third-order valence-electron chi connectivity index (χ3n) is 4.65. The zero-order chi connectivity index (χ0) is 17.9. The molecule has 2 heterocycles. The second-order valence-corrected chi connectivity index (χ2v) is 6.69. The third-order valence-corrected chi connectivity index (χ3v) is 4.87. The van der Waals surface area contributed by atoms with Gasteiger partial charge in [0.25, 0.3) is 0 Å². The van der Waals surface area contributed by atoms with Gasteiger partial charge in [-0.1, -0.05) is 35.9 Å². The van der Waals surface area contributed by atoms with Crippen LogP contribution < -0.4 is 10.6 Å². The number of aryl methyl sites for hydroxylation is 1. The molecule has 2 atom stereocenters. The van der Waals surface area contributed by atoms with Crippen molar-refractivity contribution in [1.82, 2.24) is 19.9 Å². The molecular formula is C19H18ClN5O. The average Bonchev–Trinajstić information content (AvgIpc) is 3.18. The van der Waals surface area contributed by atoms with Gasteiger partial charge in [0.15, 0.2) is 0 Å². The van der Waals surface area contributed by atoms with Gasteiger partial charge in [0.1, 0.15) is 5.82 Å². The van der Waals surface area contributed by atoms with Crippen molar-refractivity contribution in [3.05, 3.63) is 77.5 Å². The number of carbonyl (C=O) groups is 1. The standard InChI is InChI=1S/C19H18ClN5O/c20-14-6-8-17(22-11-14)23-19(26)24-18-15-4-2-1-3-13(15)5-7-16(18)25-10-9-21-12-25/h1-4,6,8-12,16,18H,5,7H2,(H2,22,23,24,26). The molecule has 0 spiro atoms. The Kier molecular flexibility index (Phi) is 4.58. The molecule has 7 heteroatoms. The van der Waals surface area contributed by atoms with Crippen molar-refractivity contribution in [3.8, 4) is 0 Å². The van der Waals surface area contributed by atoms with Gasteiger partial charge in [-0.15, -0.1) is 0 Å². The van der Waals surface area contributed by atoms with E-state index in [1.54, 1.807) is 24.7 Å². The van der Waals surface area contributed by atoms with Gasteiger partial charge in [-0.05, 0) is 36.1 Å². The van der Waals surface area contributed by atoms with Crippen molar-refractivity contribution in [2.45, 2.75) is 24.9 Å². The number of hydrogen-bond donors (Lipinski definition) is 2. The van der Waals surface area contributed by atoms with Gasteiger partial charge >= 0.3 is 6.03 Å². The van der Waals surface area contributed by atoms with E-state index in [9.17, 15) is 4.79 Å². The molecule has 0 radical (unpaired) electrons. The maximum absolute atomic E-state index is 12.6. The molecule has 1 aromatic carbocycles. The fourth-order valence-corrected chi connectivity index (χ4v) is 3.56. The lowest BCUT2D eigenvalue weighted by molar-refractivity contribution is 0.239. The Morgan fingerprint density at radius 2 is 2.12 bits per heavy atom. The molecule has 26 heavy (non-hydrogen) atoms. The SMILES string of the molecule is O=C(Nc1ccc(Cl)cn1)NC1c2ccccc2CCC1n1ccnc1. The number of carbonyl (C=O) groups excluding carboxylic acids is 1. The molecule has 2 unspecified atom stereocenters. The van der Waals surface area contributed by atoms with Crippen LogP contribution in [-0.2, 0) is 6.42 Å². The minimum absolute atomic E-state index is 0.108. The van der Waals surface area contributed by atoms with Crippen molar-refractivity contribution in [2.75, 3.05) is 5.32 Å². The number of fused-ring (bicyclic) bond motifs is 1. The molecule has 4 rings (SSSR count). The summed E-state index contributed by atoms with van der Waals surface area (Å²) in [5.41, 5.74) is 2.40. The monoisotopic (exact) mass is 367 g/mol. The quantitative estimate of drug-likeness (QED) is 0.735. The highest BCUT2D eigenvalue weighted by Gasteiger charge is 2.31. The predicted octanol–water partition coefficient (Wildman–Crippen LogP) is 3.98. The van der Waals surface area contributed by atoms with E-state index in [0.717, 1.165) is 18.4 Å². The van der Waals surface area contributed by atoms with Crippen LogP contribution in [-0.4, -0.2) is 20.6 Å². The van der Waals surface area contributed by atoms with Gasteiger partial charge < -0.3 is 9.88 Å². The number of pyridine rings is 1. The van der Waals surface area contributed by atoms with E-state index in [4.69, 9.17) is 11.6 Å². The van der Waals surface area contributed by atoms with Crippen molar-refractivity contribution in [3.63, 3.8) is 0 Å². The van der Waals surface area contributed by atoms with E-state index in [1.165, 1.54) is 11.8 Å². The Balaban J connectivity index is 1.58. The maximum Gasteiger partial charge on any atom is 0.320 e. The van der Waals surface area contributed by atoms with Crippen molar-refractivity contribution in [2.24, 2.45) is 0 Å². The fraction of sp³-hybridized carbons (Fsp3) is 0.211. The Morgan fingerprint density at radius 3 is 2.88 bits per heavy atom. The number of amides is 2. The van der Waals surface area contributed by atoms with Crippen LogP contribution >= 0.6 is 11.6 Å². The summed E-state index contributed by atoms with van der Waals surface area (Å²) >= 11 is 5.84. The summed E-state index contributed by atoms with van der Waals surface area (Å²) in [4.78, 5) is 20.8. The van der Waals surface area contributed by atoms with Crippen LogP contribution in [0.4, 0.5) is 10.6 Å². The lowest BCUT2D eigenvalue weighted by Crippen LogP contribution is -2.39. The van der Waals surface area contributed by atoms with Crippen LogP contribution in [0.15, 0.2) is 61.3 Å². The number of hydrogen-bond acceptors (Lipinski definition) is 3. The highest BCUT2D eigenvalue weighted by Crippen LogP contribution is 2.37. The molecule has 3 aromatic rings. The Morgan fingerprint density at radius 1 is 1.23 bits per heavy atom. The molecular weight excluding hydrogens is 350 g/mol. The number of rotatable bonds is 3. The third kappa shape index (κ3) is 3.41. The van der Waals surface area contributed by atoms with Crippen LogP contribution in [0.25, 0.3) is 0 Å². The highest BCUT2D eigenvalue weighted by atomic mass is 35.5. The van der Waals surface area contributed by atoms with E-state index in [0.29, 0.717) is 10.8 Å². The summed E-state index contributed by atoms with van der Waals surface area (Å²) in [6.07, 6.45) is 8.89. The maximum atomic E-state index is 12.6. The molecule has 132 valence electrons. The first-order valence-corrected chi connectivity index (χ1v) is 8.83. The lowest BCUT2D eigenvalue weighted by Gasteiger charge is -2.34. The molecule has 0 aliphatic heterocycles. The zero-order valence-electron chi connectivity index (χ0n) is 14.0. The van der Waals surface area contributed by atoms with Crippen LogP contribution in [0.2, 0.25) is 5.02 Å². The van der Waals surface area contributed by atoms with Crippen molar-refractivity contribution in [1.29, 1.82) is 0 Å². The molecule has 2 N–H and O–H groups in total. The second-order valence-electron chi connectivity index (χ2n) is 6.25. The minimum atomic E-state index is -0.299. The van der Waals surface area contributed by atoms with Crippen LogP contribution in [0.3, 0.4) is 0 Å². The molecule has 1 aliphatic carbocycles. The lowest BCUT2D eigenvalue weighted by atomic mass is 9.84. The van der Waals surface area contributed by atoms with Crippen LogP contribution in [0.5, 0.6) is 0 Å². The van der Waals surface area contributed by atoms with Gasteiger partial charge in [-0.25, -0.2) is 14.8 Å². The summed E-state index contributed by atoms with van der Waals surface area (Å²) in [5.74, 6) is 0.454. The molecule has 2 aromatic heterocycles. The molecule has 6 nitrogen and oxygen atoms in total. The van der Waals surface area contributed by atoms with Gasteiger partial charge in [0.05, 0.1) is 23.4 Å². The number of halogens is 1. The van der Waals surface area contributed by atoms with E-state index in [1.807, 2.05) is 18.3 Å². The number of aromatic nitrogens is 3. The Labute approximate surface area is 156 Å². The van der Waals surface area contributed by atoms with Crippen molar-refractivity contribution < 1.29 is 4.79 Å². The minimum Gasteiger partial charge on any atom is -0.332 e. The highest BCUT2D eigenvalue weighted by molar-refractivity contribution is 6.30. The van der Waals surface area contributed by atoms with Crippen molar-refractivity contribution >= 4 is 23.4 Å². The normalized spacial score (nSPS) is 18.8. The van der Waals surface area contributed by atoms with Gasteiger partial charge in [-0.2, -0.15) is 0 Å². The van der Waals surface area contributed by atoms with E-state index < -0.39 is 0 Å². The smallest absolute Gasteiger partial charge is 0.320 e. The van der Waals surface area contributed by atoms with Crippen LogP contribution in [0.1, 0.15) is 29.6 Å². The first-order valence-electron chi connectivity index (χ1n) is 8.45. The summed E-state index contributed by atoms with van der Waals surface area (Å²) in [7, 11) is 0. The Bertz CT molecular complexity index is 895. The summed E-state index contributed by atoms with van der Waals surface area (Å²) in [5, 5.41) is 6.40. The molecule has 0 bridgehead atoms. The Hall–Kier alpha value is -2.86. The summed E-state index contributed by atoms with van der Waals surface area (Å²) < 4.78 is 2.06. The summed E-state index contributed by atoms with van der Waals surface area (Å²) in [6, 6.07) is 11.2. The first kappa shape index (κ1) is 16.6. The number of benzene rings is 1. The number of imidazole rings is 1. The largest absolute Gasteiger partial charge is 0.332 e. The predicted molar refractivity (Wildman–Crippen MR) is 100 cm³/mol. The van der Waals surface area contributed by atoms with Gasteiger partial charge in [0.2, 0.25) is 0 Å². The van der Waals surface area contributed by atoms with Gasteiger partial charge in [0, 0.05) is 18.6 Å². The summed E-state index contributed by atoms with van der Waals surface area (Å²) in [6.45, 7) is 0. The van der Waals surface area contributed by atoms with E-state index in [-0.39, 0.29) is 18.1 Å². The van der Waals surface area contributed by atoms with Crippen LogP contribution in [0, 0.1) is 0 Å². The number of urea groups is 1. The number of anilines is 1. The number of nitrogens with zero attached hydrogens (tertiary/aromatic N) is 3. The topological polar surface area (TPSA) is 71.8 Å². The molecule has 0 saturated heterocycles. The van der Waals surface area contributed by atoms with E-state index in [2.05, 4.69) is 37.3 Å². The molecule has 0 saturated carbocycles. The van der Waals surface area contributed by atoms with E-state index >= 15 is 0 Å². The second kappa shape index (κ2) is 7.17. The molecule has 0 fully saturated rings. The molecule has 2 amide bonds.